The van der Waals surface area contributed by atoms with Crippen LogP contribution in [0.4, 0.5) is 0 Å². The zero-order valence-corrected chi connectivity index (χ0v) is 13.1. The number of hydrogen-bond donors (Lipinski definition) is 0. The van der Waals surface area contributed by atoms with Crippen molar-refractivity contribution in [2.24, 2.45) is 0 Å². The molecule has 4 heteroatoms. The molecule has 0 N–H and O–H groups in total. The molecule has 0 amide bonds. The van der Waals surface area contributed by atoms with Crippen molar-refractivity contribution in [1.82, 2.24) is 0 Å². The number of hydrogen-bond acceptors (Lipinski definition) is 3. The van der Waals surface area contributed by atoms with Crippen LogP contribution in [0.1, 0.15) is 26.7 Å². The Morgan fingerprint density at radius 2 is 2.05 bits per heavy atom. The van der Waals surface area contributed by atoms with Gasteiger partial charge in [0, 0.05) is 23.9 Å². The van der Waals surface area contributed by atoms with E-state index in [4.69, 9.17) is 14.2 Å². The van der Waals surface area contributed by atoms with Crippen LogP contribution >= 0.6 is 15.9 Å². The van der Waals surface area contributed by atoms with Crippen LogP contribution < -0.4 is 9.47 Å². The lowest BCUT2D eigenvalue weighted by atomic mass is 9.91. The smallest absolute Gasteiger partial charge is 0.127 e. The summed E-state index contributed by atoms with van der Waals surface area (Å²) in [6.07, 6.45) is 2.29. The molecule has 0 aliphatic heterocycles. The summed E-state index contributed by atoms with van der Waals surface area (Å²) in [5, 5.41) is 0. The zero-order valence-electron chi connectivity index (χ0n) is 11.5. The van der Waals surface area contributed by atoms with Gasteiger partial charge in [-0.1, -0.05) is 28.9 Å². The number of alkyl halides is 1. The minimum atomic E-state index is 0.132. The first kappa shape index (κ1) is 14.7. The fourth-order valence-electron chi connectivity index (χ4n) is 2.09. The van der Waals surface area contributed by atoms with Crippen molar-refractivity contribution in [2.45, 2.75) is 43.7 Å². The first-order chi connectivity index (χ1) is 9.24. The maximum Gasteiger partial charge on any atom is 0.127 e. The van der Waals surface area contributed by atoms with Gasteiger partial charge >= 0.3 is 0 Å². The summed E-state index contributed by atoms with van der Waals surface area (Å²) in [6, 6.07) is 7.78. The van der Waals surface area contributed by atoms with E-state index in [0.29, 0.717) is 11.4 Å². The Labute approximate surface area is 123 Å². The number of benzene rings is 1. The summed E-state index contributed by atoms with van der Waals surface area (Å²) in [5.41, 5.74) is 0. The van der Waals surface area contributed by atoms with Crippen LogP contribution in [0, 0.1) is 0 Å². The topological polar surface area (TPSA) is 27.7 Å². The third kappa shape index (κ3) is 3.86. The quantitative estimate of drug-likeness (QED) is 0.712. The first-order valence-electron chi connectivity index (χ1n) is 6.89. The molecule has 3 atom stereocenters. The summed E-state index contributed by atoms with van der Waals surface area (Å²) in [5.74, 6) is 1.70. The van der Waals surface area contributed by atoms with Gasteiger partial charge in [-0.15, -0.1) is 0 Å². The molecule has 3 nitrogen and oxygen atoms in total. The fraction of sp³-hybridized carbons (Fsp3) is 0.600. The molecule has 0 aromatic heterocycles. The summed E-state index contributed by atoms with van der Waals surface area (Å²) in [4.78, 5) is 0.402. The summed E-state index contributed by atoms with van der Waals surface area (Å²) < 4.78 is 17.3. The van der Waals surface area contributed by atoms with Crippen LogP contribution in [0.3, 0.4) is 0 Å². The molecule has 1 fully saturated rings. The van der Waals surface area contributed by atoms with Gasteiger partial charge < -0.3 is 14.2 Å². The minimum absolute atomic E-state index is 0.132. The Hall–Kier alpha value is -0.740. The first-order valence-corrected chi connectivity index (χ1v) is 7.81. The Kier molecular flexibility index (Phi) is 5.52. The molecule has 1 aliphatic carbocycles. The maximum absolute atomic E-state index is 5.98. The Balaban J connectivity index is 1.91. The molecular formula is C15H21BrO3. The normalized spacial score (nSPS) is 25.7. The molecule has 0 spiro atoms. The standard InChI is InChI=1S/C15H21BrO3/c1-3-8-18-15-13(16)10-14(15)19-12-7-5-6-11(9-12)17-4-2/h5-7,9,13-15H,3-4,8,10H2,1-2H3. The molecule has 19 heavy (non-hydrogen) atoms. The van der Waals surface area contributed by atoms with Crippen molar-refractivity contribution in [3.8, 4) is 11.5 Å². The maximum atomic E-state index is 5.98. The second kappa shape index (κ2) is 7.15. The zero-order chi connectivity index (χ0) is 13.7. The molecule has 3 unspecified atom stereocenters. The molecule has 0 bridgehead atoms. The average Bonchev–Trinajstić information content (AvgIpc) is 2.39. The Bertz CT molecular complexity index is 397. The SMILES string of the molecule is CCCOC1C(Br)CC1Oc1cccc(OCC)c1. The molecule has 1 aromatic rings. The van der Waals surface area contributed by atoms with Gasteiger partial charge in [-0.3, -0.25) is 0 Å². The van der Waals surface area contributed by atoms with Crippen LogP contribution in [0.15, 0.2) is 24.3 Å². The molecule has 0 heterocycles. The second-order valence-electron chi connectivity index (χ2n) is 4.65. The van der Waals surface area contributed by atoms with Gasteiger partial charge in [0.2, 0.25) is 0 Å². The molecule has 1 aromatic carbocycles. The lowest BCUT2D eigenvalue weighted by Gasteiger charge is -2.40. The highest BCUT2D eigenvalue weighted by atomic mass is 79.9. The third-order valence-electron chi connectivity index (χ3n) is 3.10. The van der Waals surface area contributed by atoms with Gasteiger partial charge in [0.1, 0.15) is 23.7 Å². The van der Waals surface area contributed by atoms with E-state index >= 15 is 0 Å². The van der Waals surface area contributed by atoms with E-state index in [1.807, 2.05) is 31.2 Å². The van der Waals surface area contributed by atoms with E-state index in [1.165, 1.54) is 0 Å². The molecule has 0 radical (unpaired) electrons. The van der Waals surface area contributed by atoms with Crippen LogP contribution in [0.5, 0.6) is 11.5 Å². The van der Waals surface area contributed by atoms with E-state index in [0.717, 1.165) is 30.9 Å². The molecule has 2 rings (SSSR count). The molecular weight excluding hydrogens is 308 g/mol. The lowest BCUT2D eigenvalue weighted by Crippen LogP contribution is -2.52. The minimum Gasteiger partial charge on any atom is -0.494 e. The van der Waals surface area contributed by atoms with Gasteiger partial charge in [0.05, 0.1) is 6.61 Å². The molecule has 0 saturated heterocycles. The van der Waals surface area contributed by atoms with E-state index in [2.05, 4.69) is 22.9 Å². The number of ether oxygens (including phenoxy) is 3. The van der Waals surface area contributed by atoms with E-state index in [9.17, 15) is 0 Å². The van der Waals surface area contributed by atoms with Crippen LogP contribution in [0.2, 0.25) is 0 Å². The predicted octanol–water partition coefficient (Wildman–Crippen LogP) is 3.80. The van der Waals surface area contributed by atoms with E-state index in [-0.39, 0.29) is 12.2 Å². The highest BCUT2D eigenvalue weighted by molar-refractivity contribution is 9.09. The number of halogens is 1. The van der Waals surface area contributed by atoms with Gasteiger partial charge in [-0.05, 0) is 25.5 Å². The molecule has 1 aliphatic rings. The van der Waals surface area contributed by atoms with Gasteiger partial charge in [-0.25, -0.2) is 0 Å². The predicted molar refractivity (Wildman–Crippen MR) is 79.4 cm³/mol. The van der Waals surface area contributed by atoms with Crippen molar-refractivity contribution in [3.63, 3.8) is 0 Å². The lowest BCUT2D eigenvalue weighted by molar-refractivity contribution is -0.0762. The Morgan fingerprint density at radius 1 is 1.26 bits per heavy atom. The monoisotopic (exact) mass is 328 g/mol. The van der Waals surface area contributed by atoms with Crippen molar-refractivity contribution in [3.05, 3.63) is 24.3 Å². The van der Waals surface area contributed by atoms with Crippen molar-refractivity contribution in [2.75, 3.05) is 13.2 Å². The van der Waals surface area contributed by atoms with Crippen LogP contribution in [0.25, 0.3) is 0 Å². The van der Waals surface area contributed by atoms with Crippen molar-refractivity contribution in [1.29, 1.82) is 0 Å². The third-order valence-corrected chi connectivity index (χ3v) is 3.99. The largest absolute Gasteiger partial charge is 0.494 e. The Morgan fingerprint density at radius 3 is 2.74 bits per heavy atom. The van der Waals surface area contributed by atoms with Crippen molar-refractivity contribution < 1.29 is 14.2 Å². The number of rotatable bonds is 7. The molecule has 1 saturated carbocycles. The van der Waals surface area contributed by atoms with Gasteiger partial charge in [0.15, 0.2) is 0 Å². The highest BCUT2D eigenvalue weighted by Gasteiger charge is 2.42. The summed E-state index contributed by atoms with van der Waals surface area (Å²) in [6.45, 7) is 5.54. The highest BCUT2D eigenvalue weighted by Crippen LogP contribution is 2.35. The van der Waals surface area contributed by atoms with Gasteiger partial charge in [-0.2, -0.15) is 0 Å². The molecule has 106 valence electrons. The average molecular weight is 329 g/mol. The summed E-state index contributed by atoms with van der Waals surface area (Å²) >= 11 is 3.62. The van der Waals surface area contributed by atoms with Gasteiger partial charge in [0.25, 0.3) is 0 Å². The second-order valence-corrected chi connectivity index (χ2v) is 5.83. The van der Waals surface area contributed by atoms with E-state index < -0.39 is 0 Å². The van der Waals surface area contributed by atoms with Crippen molar-refractivity contribution >= 4 is 15.9 Å². The fourth-order valence-corrected chi connectivity index (χ4v) is 2.95. The van der Waals surface area contributed by atoms with Crippen LogP contribution in [-0.2, 0) is 4.74 Å². The van der Waals surface area contributed by atoms with Crippen LogP contribution in [-0.4, -0.2) is 30.2 Å². The van der Waals surface area contributed by atoms with E-state index in [1.54, 1.807) is 0 Å². The summed E-state index contributed by atoms with van der Waals surface area (Å²) in [7, 11) is 0.